The molecule has 0 aliphatic carbocycles. The van der Waals surface area contributed by atoms with Crippen LogP contribution in [0.25, 0.3) is 11.1 Å². The monoisotopic (exact) mass is 503 g/mol. The van der Waals surface area contributed by atoms with Crippen molar-refractivity contribution >= 4 is 27.7 Å². The summed E-state index contributed by atoms with van der Waals surface area (Å²) in [5.74, 6) is -3.70. The average Bonchev–Trinajstić information content (AvgIpc) is 2.97. The fourth-order valence-electron chi connectivity index (χ4n) is 3.36. The van der Waals surface area contributed by atoms with Crippen molar-refractivity contribution in [3.8, 4) is 16.9 Å². The highest BCUT2D eigenvalue weighted by Gasteiger charge is 2.38. The van der Waals surface area contributed by atoms with Crippen LogP contribution in [0.5, 0.6) is 5.75 Å². The zero-order chi connectivity index (χ0) is 25.4. The third-order valence-electron chi connectivity index (χ3n) is 5.02. The number of phenols is 1. The van der Waals surface area contributed by atoms with Crippen LogP contribution in [0.2, 0.25) is 0 Å². The fourth-order valence-corrected chi connectivity index (χ4v) is 4.53. The molecule has 3 N–H and O–H groups in total. The lowest BCUT2D eigenvalue weighted by Gasteiger charge is -2.19. The Kier molecular flexibility index (Phi) is 6.78. The second-order valence-corrected chi connectivity index (χ2v) is 9.65. The van der Waals surface area contributed by atoms with E-state index in [0.29, 0.717) is 22.9 Å². The van der Waals surface area contributed by atoms with Gasteiger partial charge >= 0.3 is 16.4 Å². The van der Waals surface area contributed by atoms with Crippen molar-refractivity contribution < 1.29 is 40.7 Å². The van der Waals surface area contributed by atoms with Gasteiger partial charge in [-0.3, -0.25) is 9.59 Å². The van der Waals surface area contributed by atoms with Crippen LogP contribution < -0.4 is 14.3 Å². The molecule has 3 rings (SSSR count). The van der Waals surface area contributed by atoms with Crippen molar-refractivity contribution in [3.05, 3.63) is 47.3 Å². The second-order valence-electron chi connectivity index (χ2n) is 8.06. The number of alkyl halides is 3. The van der Waals surface area contributed by atoms with Gasteiger partial charge < -0.3 is 10.4 Å². The van der Waals surface area contributed by atoms with Gasteiger partial charge in [-0.15, -0.1) is 0 Å². The van der Waals surface area contributed by atoms with E-state index in [1.807, 2.05) is 13.8 Å². The van der Waals surface area contributed by atoms with Gasteiger partial charge in [-0.2, -0.15) is 21.6 Å². The van der Waals surface area contributed by atoms with Gasteiger partial charge in [0.15, 0.2) is 5.82 Å². The molecule has 0 aromatic heterocycles. The van der Waals surface area contributed by atoms with Crippen molar-refractivity contribution in [2.75, 3.05) is 17.4 Å². The lowest BCUT2D eigenvalue weighted by Crippen LogP contribution is -2.30. The Labute approximate surface area is 192 Å². The topological polar surface area (TPSA) is 116 Å². The molecule has 0 spiro atoms. The minimum atomic E-state index is -4.74. The number of halogens is 4. The molecule has 0 radical (unpaired) electrons. The van der Waals surface area contributed by atoms with Crippen LogP contribution in [0.4, 0.5) is 23.2 Å². The predicted octanol–water partition coefficient (Wildman–Crippen LogP) is 3.17. The quantitative estimate of drug-likeness (QED) is 0.524. The van der Waals surface area contributed by atoms with Gasteiger partial charge in [0.2, 0.25) is 0 Å². The molecule has 13 heteroatoms. The van der Waals surface area contributed by atoms with Crippen molar-refractivity contribution in [1.82, 2.24) is 10.0 Å². The van der Waals surface area contributed by atoms with E-state index in [1.165, 1.54) is 0 Å². The van der Waals surface area contributed by atoms with Gasteiger partial charge in [-0.05, 0) is 47.7 Å². The van der Waals surface area contributed by atoms with Crippen LogP contribution in [-0.2, 0) is 21.2 Å². The Morgan fingerprint density at radius 3 is 2.44 bits per heavy atom. The molecule has 1 saturated heterocycles. The Bertz CT molecular complexity index is 1220. The zero-order valence-corrected chi connectivity index (χ0v) is 18.8. The van der Waals surface area contributed by atoms with Crippen LogP contribution in [0.1, 0.15) is 36.2 Å². The maximum absolute atomic E-state index is 14.9. The first-order chi connectivity index (χ1) is 15.7. The number of amides is 2. The summed E-state index contributed by atoms with van der Waals surface area (Å²) in [4.78, 5) is 24.1. The maximum atomic E-state index is 14.9. The number of carbonyl (C=O) groups is 2. The summed E-state index contributed by atoms with van der Waals surface area (Å²) < 4.78 is 80.7. The molecule has 1 fully saturated rings. The molecule has 1 aliphatic rings. The molecule has 0 saturated carbocycles. The van der Waals surface area contributed by atoms with E-state index in [0.717, 1.165) is 18.2 Å². The highest BCUT2D eigenvalue weighted by molar-refractivity contribution is 7.92. The molecular formula is C21H21F4N3O5S. The van der Waals surface area contributed by atoms with E-state index in [1.54, 1.807) is 4.72 Å². The van der Waals surface area contributed by atoms with Crippen molar-refractivity contribution in [3.63, 3.8) is 0 Å². The number of rotatable bonds is 6. The van der Waals surface area contributed by atoms with E-state index in [9.17, 15) is 40.7 Å². The molecule has 1 heterocycles. The molecular weight excluding hydrogens is 482 g/mol. The molecule has 2 amide bonds. The molecule has 184 valence electrons. The van der Waals surface area contributed by atoms with Crippen LogP contribution in [-0.4, -0.2) is 38.4 Å². The maximum Gasteiger partial charge on any atom is 0.416 e. The first kappa shape index (κ1) is 25.3. The summed E-state index contributed by atoms with van der Waals surface area (Å²) in [6, 6.07) is 3.96. The molecule has 0 unspecified atom stereocenters. The lowest BCUT2D eigenvalue weighted by molar-refractivity contribution is -0.137. The Balaban J connectivity index is 2.08. The molecule has 0 atom stereocenters. The number of benzene rings is 2. The lowest BCUT2D eigenvalue weighted by atomic mass is 9.95. The Hall–Kier alpha value is -3.35. The highest BCUT2D eigenvalue weighted by atomic mass is 32.2. The predicted molar refractivity (Wildman–Crippen MR) is 115 cm³/mol. The highest BCUT2D eigenvalue weighted by Crippen LogP contribution is 2.39. The second kappa shape index (κ2) is 9.12. The van der Waals surface area contributed by atoms with Gasteiger partial charge in [-0.25, -0.2) is 13.4 Å². The molecule has 8 nitrogen and oxygen atoms in total. The zero-order valence-electron chi connectivity index (χ0n) is 18.0. The summed E-state index contributed by atoms with van der Waals surface area (Å²) in [5, 5.41) is 12.9. The normalized spacial score (nSPS) is 15.5. The summed E-state index contributed by atoms with van der Waals surface area (Å²) in [5.41, 5.74) is -2.60. The van der Waals surface area contributed by atoms with Crippen LogP contribution >= 0.6 is 0 Å². The molecule has 34 heavy (non-hydrogen) atoms. The van der Waals surface area contributed by atoms with E-state index in [4.69, 9.17) is 0 Å². The number of carbonyl (C=O) groups excluding carboxylic acids is 2. The van der Waals surface area contributed by atoms with Gasteiger partial charge in [-0.1, -0.05) is 19.9 Å². The third-order valence-corrected chi connectivity index (χ3v) is 6.40. The van der Waals surface area contributed by atoms with Gasteiger partial charge in [0, 0.05) is 12.1 Å². The Morgan fingerprint density at radius 1 is 1.24 bits per heavy atom. The minimum Gasteiger partial charge on any atom is -0.506 e. The minimum absolute atomic E-state index is 0.116. The van der Waals surface area contributed by atoms with Gasteiger partial charge in [0.05, 0.1) is 5.56 Å². The number of anilines is 1. The first-order valence-electron chi connectivity index (χ1n) is 10.1. The summed E-state index contributed by atoms with van der Waals surface area (Å²) in [6.45, 7) is 3.23. The van der Waals surface area contributed by atoms with Gasteiger partial charge in [0.25, 0.3) is 11.8 Å². The molecule has 1 aliphatic heterocycles. The number of nitrogens with zero attached hydrogens (tertiary/aromatic N) is 1. The first-order valence-corrected chi connectivity index (χ1v) is 11.5. The van der Waals surface area contributed by atoms with E-state index >= 15 is 0 Å². The number of phenolic OH excluding ortho intramolecular Hbond substituents is 1. The summed E-state index contributed by atoms with van der Waals surface area (Å²) >= 11 is 0. The van der Waals surface area contributed by atoms with Crippen LogP contribution in [0, 0.1) is 11.7 Å². The van der Waals surface area contributed by atoms with E-state index in [2.05, 4.69) is 5.32 Å². The average molecular weight is 503 g/mol. The summed E-state index contributed by atoms with van der Waals surface area (Å²) in [6.07, 6.45) is -4.17. The van der Waals surface area contributed by atoms with Gasteiger partial charge in [0.1, 0.15) is 18.0 Å². The third kappa shape index (κ3) is 5.24. The van der Waals surface area contributed by atoms with Crippen molar-refractivity contribution in [2.45, 2.75) is 26.4 Å². The Morgan fingerprint density at radius 2 is 1.91 bits per heavy atom. The SMILES string of the molecule is CC(C)CCNC(=O)c1cc(C(F)(F)F)ccc1-c1cc(O)c(N2CC(=O)NS2(=O)=O)c(F)c1. The van der Waals surface area contributed by atoms with E-state index < -0.39 is 63.1 Å². The number of hydrogen-bond acceptors (Lipinski definition) is 5. The van der Waals surface area contributed by atoms with Crippen LogP contribution in [0.3, 0.4) is 0 Å². The van der Waals surface area contributed by atoms with Crippen molar-refractivity contribution in [2.24, 2.45) is 5.92 Å². The standard InChI is InChI=1S/C21H21F4N3O5S/c1-11(2)5-6-26-20(31)15-9-13(21(23,24)25)3-4-14(15)12-7-16(22)19(17(29)8-12)28-10-18(30)27-34(28,32)33/h3-4,7-9,11,29H,5-6,10H2,1-2H3,(H,26,31)(H,27,30). The molecule has 2 aromatic rings. The summed E-state index contributed by atoms with van der Waals surface area (Å²) in [7, 11) is -4.43. The smallest absolute Gasteiger partial charge is 0.416 e. The van der Waals surface area contributed by atoms with Crippen LogP contribution in [0.15, 0.2) is 30.3 Å². The largest absolute Gasteiger partial charge is 0.506 e. The number of hydrogen-bond donors (Lipinski definition) is 3. The fraction of sp³-hybridized carbons (Fsp3) is 0.333. The molecule has 0 bridgehead atoms. The van der Waals surface area contributed by atoms with Crippen molar-refractivity contribution in [1.29, 1.82) is 0 Å². The molecule has 2 aromatic carbocycles. The number of aromatic hydroxyl groups is 1. The number of nitrogens with one attached hydrogen (secondary N) is 2. The van der Waals surface area contributed by atoms with E-state index in [-0.39, 0.29) is 23.6 Å².